The Balaban J connectivity index is 1.76. The first-order chi connectivity index (χ1) is 10.0. The molecular formula is C15H19FN2O3. The third-order valence-corrected chi connectivity index (χ3v) is 3.43. The SMILES string of the molecule is O=C(O)CCN(CC(=O)NCc1ccc(F)cc1)C1CC1. The lowest BCUT2D eigenvalue weighted by molar-refractivity contribution is -0.137. The highest BCUT2D eigenvalue weighted by molar-refractivity contribution is 5.78. The number of hydrogen-bond donors (Lipinski definition) is 2. The van der Waals surface area contributed by atoms with Crippen LogP contribution in [0.4, 0.5) is 4.39 Å². The molecule has 1 aromatic carbocycles. The van der Waals surface area contributed by atoms with Gasteiger partial charge in [0.2, 0.25) is 5.91 Å². The average molecular weight is 294 g/mol. The molecule has 1 aliphatic rings. The molecule has 0 spiro atoms. The van der Waals surface area contributed by atoms with Crippen LogP contribution in [0.5, 0.6) is 0 Å². The Bertz CT molecular complexity index is 500. The Morgan fingerprint density at radius 3 is 2.52 bits per heavy atom. The minimum absolute atomic E-state index is 0.0434. The number of carboxylic acid groups (broad SMARTS) is 1. The van der Waals surface area contributed by atoms with E-state index in [4.69, 9.17) is 5.11 Å². The van der Waals surface area contributed by atoms with Crippen molar-refractivity contribution in [1.29, 1.82) is 0 Å². The minimum atomic E-state index is -0.854. The van der Waals surface area contributed by atoms with Crippen LogP contribution in [0.3, 0.4) is 0 Å². The Morgan fingerprint density at radius 1 is 1.29 bits per heavy atom. The zero-order chi connectivity index (χ0) is 15.2. The highest BCUT2D eigenvalue weighted by Gasteiger charge is 2.30. The molecule has 0 bridgehead atoms. The van der Waals surface area contributed by atoms with E-state index in [9.17, 15) is 14.0 Å². The number of carbonyl (C=O) groups is 2. The third kappa shape index (κ3) is 5.51. The summed E-state index contributed by atoms with van der Waals surface area (Å²) in [6.07, 6.45) is 2.08. The molecule has 1 saturated carbocycles. The Morgan fingerprint density at radius 2 is 1.95 bits per heavy atom. The molecule has 21 heavy (non-hydrogen) atoms. The maximum Gasteiger partial charge on any atom is 0.304 e. The van der Waals surface area contributed by atoms with E-state index in [-0.39, 0.29) is 24.7 Å². The van der Waals surface area contributed by atoms with Crippen molar-refractivity contribution in [3.63, 3.8) is 0 Å². The van der Waals surface area contributed by atoms with Crippen molar-refractivity contribution in [2.75, 3.05) is 13.1 Å². The van der Waals surface area contributed by atoms with Gasteiger partial charge in [-0.25, -0.2) is 4.39 Å². The van der Waals surface area contributed by atoms with Crippen molar-refractivity contribution in [1.82, 2.24) is 10.2 Å². The quantitative estimate of drug-likeness (QED) is 0.760. The molecule has 0 aromatic heterocycles. The first kappa shape index (κ1) is 15.4. The molecule has 0 heterocycles. The van der Waals surface area contributed by atoms with Crippen LogP contribution in [0.15, 0.2) is 24.3 Å². The molecule has 1 aromatic rings. The first-order valence-electron chi connectivity index (χ1n) is 7.01. The Labute approximate surface area is 122 Å². The van der Waals surface area contributed by atoms with E-state index in [1.165, 1.54) is 12.1 Å². The van der Waals surface area contributed by atoms with Crippen molar-refractivity contribution in [3.8, 4) is 0 Å². The van der Waals surface area contributed by atoms with E-state index in [1.807, 2.05) is 4.90 Å². The van der Waals surface area contributed by atoms with E-state index in [1.54, 1.807) is 12.1 Å². The second-order valence-electron chi connectivity index (χ2n) is 5.25. The van der Waals surface area contributed by atoms with E-state index in [2.05, 4.69) is 5.32 Å². The lowest BCUT2D eigenvalue weighted by atomic mass is 10.2. The van der Waals surface area contributed by atoms with Gasteiger partial charge in [-0.15, -0.1) is 0 Å². The summed E-state index contributed by atoms with van der Waals surface area (Å²) in [4.78, 5) is 24.4. The summed E-state index contributed by atoms with van der Waals surface area (Å²) in [5, 5.41) is 11.5. The Kier molecular flexibility index (Phi) is 5.27. The summed E-state index contributed by atoms with van der Waals surface area (Å²) in [5.41, 5.74) is 0.827. The molecule has 1 fully saturated rings. The largest absolute Gasteiger partial charge is 0.481 e. The molecule has 0 atom stereocenters. The molecule has 1 amide bonds. The van der Waals surface area contributed by atoms with Crippen molar-refractivity contribution in [2.45, 2.75) is 31.8 Å². The van der Waals surface area contributed by atoms with Gasteiger partial charge < -0.3 is 10.4 Å². The first-order valence-corrected chi connectivity index (χ1v) is 7.01. The molecule has 2 rings (SSSR count). The molecule has 2 N–H and O–H groups in total. The monoisotopic (exact) mass is 294 g/mol. The lowest BCUT2D eigenvalue weighted by Gasteiger charge is -2.20. The topological polar surface area (TPSA) is 69.6 Å². The second-order valence-corrected chi connectivity index (χ2v) is 5.25. The lowest BCUT2D eigenvalue weighted by Crippen LogP contribution is -2.39. The average Bonchev–Trinajstić information content (AvgIpc) is 3.27. The van der Waals surface area contributed by atoms with Gasteiger partial charge in [0.15, 0.2) is 0 Å². The fourth-order valence-corrected chi connectivity index (χ4v) is 2.11. The van der Waals surface area contributed by atoms with Crippen LogP contribution in [-0.4, -0.2) is 41.0 Å². The number of hydrogen-bond acceptors (Lipinski definition) is 3. The fraction of sp³-hybridized carbons (Fsp3) is 0.467. The third-order valence-electron chi connectivity index (χ3n) is 3.43. The molecule has 0 saturated heterocycles. The van der Waals surface area contributed by atoms with E-state index in [0.29, 0.717) is 19.1 Å². The van der Waals surface area contributed by atoms with Crippen molar-refractivity contribution in [2.24, 2.45) is 0 Å². The number of carbonyl (C=O) groups excluding carboxylic acids is 1. The van der Waals surface area contributed by atoms with Crippen LogP contribution in [0.1, 0.15) is 24.8 Å². The molecule has 114 valence electrons. The van der Waals surface area contributed by atoms with Crippen LogP contribution in [0, 0.1) is 5.82 Å². The summed E-state index contributed by atoms with van der Waals surface area (Å²) in [6.45, 7) is 0.944. The van der Waals surface area contributed by atoms with E-state index < -0.39 is 5.97 Å². The number of amides is 1. The van der Waals surface area contributed by atoms with Gasteiger partial charge in [-0.3, -0.25) is 14.5 Å². The molecule has 5 nitrogen and oxygen atoms in total. The predicted molar refractivity (Wildman–Crippen MR) is 75.1 cm³/mol. The number of carboxylic acids is 1. The summed E-state index contributed by atoms with van der Waals surface area (Å²) >= 11 is 0. The van der Waals surface area contributed by atoms with Gasteiger partial charge in [0, 0.05) is 19.1 Å². The highest BCUT2D eigenvalue weighted by Crippen LogP contribution is 2.26. The number of aliphatic carboxylic acids is 1. The Hall–Kier alpha value is -1.95. The number of nitrogens with zero attached hydrogens (tertiary/aromatic N) is 1. The number of halogens is 1. The van der Waals surface area contributed by atoms with Crippen LogP contribution in [0.2, 0.25) is 0 Å². The van der Waals surface area contributed by atoms with Gasteiger partial charge in [0.25, 0.3) is 0 Å². The summed E-state index contributed by atoms with van der Waals surface area (Å²) in [7, 11) is 0. The molecule has 0 aliphatic heterocycles. The number of benzene rings is 1. The van der Waals surface area contributed by atoms with Gasteiger partial charge >= 0.3 is 5.97 Å². The highest BCUT2D eigenvalue weighted by atomic mass is 19.1. The normalized spacial score (nSPS) is 14.2. The maximum atomic E-state index is 12.8. The second kappa shape index (κ2) is 7.17. The molecular weight excluding hydrogens is 275 g/mol. The molecule has 6 heteroatoms. The van der Waals surface area contributed by atoms with E-state index >= 15 is 0 Å². The molecule has 0 radical (unpaired) electrons. The zero-order valence-electron chi connectivity index (χ0n) is 11.7. The molecule has 1 aliphatic carbocycles. The summed E-state index contributed by atoms with van der Waals surface area (Å²) in [5.74, 6) is -1.30. The zero-order valence-corrected chi connectivity index (χ0v) is 11.7. The van der Waals surface area contributed by atoms with Gasteiger partial charge in [-0.2, -0.15) is 0 Å². The maximum absolute atomic E-state index is 12.8. The standard InChI is InChI=1S/C15H19FN2O3/c16-12-3-1-11(2-4-12)9-17-14(19)10-18(13-5-6-13)8-7-15(20)21/h1-4,13H,5-10H2,(H,17,19)(H,20,21). The van der Waals surface area contributed by atoms with Crippen LogP contribution < -0.4 is 5.32 Å². The van der Waals surface area contributed by atoms with Crippen molar-refractivity contribution >= 4 is 11.9 Å². The summed E-state index contributed by atoms with van der Waals surface area (Å²) < 4.78 is 12.8. The van der Waals surface area contributed by atoms with Crippen LogP contribution >= 0.6 is 0 Å². The van der Waals surface area contributed by atoms with E-state index in [0.717, 1.165) is 18.4 Å². The molecule has 0 unspecified atom stereocenters. The van der Waals surface area contributed by atoms with Crippen LogP contribution in [0.25, 0.3) is 0 Å². The van der Waals surface area contributed by atoms with Gasteiger partial charge in [-0.1, -0.05) is 12.1 Å². The van der Waals surface area contributed by atoms with Gasteiger partial charge in [0.05, 0.1) is 13.0 Å². The van der Waals surface area contributed by atoms with Crippen LogP contribution in [-0.2, 0) is 16.1 Å². The number of rotatable bonds is 8. The number of nitrogens with one attached hydrogen (secondary N) is 1. The predicted octanol–water partition coefficient (Wildman–Crippen LogP) is 1.38. The smallest absolute Gasteiger partial charge is 0.304 e. The fourth-order valence-electron chi connectivity index (χ4n) is 2.11. The van der Waals surface area contributed by atoms with Gasteiger partial charge in [0.1, 0.15) is 5.82 Å². The van der Waals surface area contributed by atoms with Gasteiger partial charge in [-0.05, 0) is 30.5 Å². The minimum Gasteiger partial charge on any atom is -0.481 e. The summed E-state index contributed by atoms with van der Waals surface area (Å²) in [6, 6.07) is 6.29. The van der Waals surface area contributed by atoms with Crippen molar-refractivity contribution in [3.05, 3.63) is 35.6 Å². The van der Waals surface area contributed by atoms with Crippen molar-refractivity contribution < 1.29 is 19.1 Å².